The zero-order chi connectivity index (χ0) is 17.0. The van der Waals surface area contributed by atoms with Crippen molar-refractivity contribution in [3.8, 4) is 5.75 Å². The van der Waals surface area contributed by atoms with Crippen LogP contribution in [0.4, 0.5) is 4.39 Å². The monoisotopic (exact) mass is 335 g/mol. The summed E-state index contributed by atoms with van der Waals surface area (Å²) in [6.45, 7) is 5.05. The van der Waals surface area contributed by atoms with Crippen LogP contribution in [0, 0.1) is 5.82 Å². The molecule has 2 rings (SSSR count). The van der Waals surface area contributed by atoms with Crippen LogP contribution in [0.5, 0.6) is 5.75 Å². The zero-order valence-electron chi connectivity index (χ0n) is 13.3. The van der Waals surface area contributed by atoms with Gasteiger partial charge < -0.3 is 10.1 Å². The van der Waals surface area contributed by atoms with Crippen molar-refractivity contribution in [3.05, 3.63) is 64.9 Å². The number of hydrogen-bond donors (Lipinski definition) is 1. The summed E-state index contributed by atoms with van der Waals surface area (Å²) >= 11 is 5.83. The number of ether oxygens (including phenoxy) is 1. The normalized spacial score (nSPS) is 12.6. The summed E-state index contributed by atoms with van der Waals surface area (Å²) in [6.07, 6.45) is 0. The van der Waals surface area contributed by atoms with Crippen molar-refractivity contribution >= 4 is 17.5 Å². The van der Waals surface area contributed by atoms with Gasteiger partial charge in [-0.3, -0.25) is 4.79 Å². The Kier molecular flexibility index (Phi) is 5.26. The molecule has 3 nitrogen and oxygen atoms in total. The van der Waals surface area contributed by atoms with E-state index in [1.807, 2.05) is 0 Å². The summed E-state index contributed by atoms with van der Waals surface area (Å²) in [4.78, 5) is 12.4. The maximum Gasteiger partial charge on any atom is 0.264 e. The van der Waals surface area contributed by atoms with Gasteiger partial charge in [-0.15, -0.1) is 0 Å². The van der Waals surface area contributed by atoms with E-state index in [1.54, 1.807) is 63.2 Å². The van der Waals surface area contributed by atoms with Gasteiger partial charge >= 0.3 is 0 Å². The minimum absolute atomic E-state index is 0.330. The van der Waals surface area contributed by atoms with Crippen molar-refractivity contribution in [3.63, 3.8) is 0 Å². The molecule has 0 aliphatic rings. The third-order valence-electron chi connectivity index (χ3n) is 3.45. The van der Waals surface area contributed by atoms with Crippen LogP contribution in [0.25, 0.3) is 0 Å². The number of carbonyl (C=O) groups excluding carboxylic acids is 1. The molecule has 0 aromatic heterocycles. The molecule has 1 atom stereocenters. The first-order valence-corrected chi connectivity index (χ1v) is 7.67. The smallest absolute Gasteiger partial charge is 0.264 e. The van der Waals surface area contributed by atoms with E-state index in [0.717, 1.165) is 0 Å². The van der Waals surface area contributed by atoms with Crippen molar-refractivity contribution < 1.29 is 13.9 Å². The first-order chi connectivity index (χ1) is 10.8. The Labute approximate surface area is 140 Å². The molecule has 0 fully saturated rings. The lowest BCUT2D eigenvalue weighted by atomic mass is 10.0. The molecule has 0 saturated carbocycles. The minimum Gasteiger partial charge on any atom is -0.478 e. The quantitative estimate of drug-likeness (QED) is 0.872. The summed E-state index contributed by atoms with van der Waals surface area (Å²) in [5, 5.41) is 3.37. The molecule has 0 saturated heterocycles. The summed E-state index contributed by atoms with van der Waals surface area (Å²) in [7, 11) is 0. The molecule has 1 amide bonds. The van der Waals surface area contributed by atoms with Gasteiger partial charge in [-0.25, -0.2) is 4.39 Å². The molecule has 122 valence electrons. The topological polar surface area (TPSA) is 38.3 Å². The van der Waals surface area contributed by atoms with Gasteiger partial charge in [-0.1, -0.05) is 29.8 Å². The molecule has 1 N–H and O–H groups in total. The van der Waals surface area contributed by atoms with Crippen LogP contribution in [0.1, 0.15) is 32.4 Å². The van der Waals surface area contributed by atoms with Crippen LogP contribution >= 0.6 is 11.6 Å². The lowest BCUT2D eigenvalue weighted by Gasteiger charge is -2.27. The summed E-state index contributed by atoms with van der Waals surface area (Å²) in [6, 6.07) is 12.7. The van der Waals surface area contributed by atoms with Gasteiger partial charge in [0, 0.05) is 10.6 Å². The Balaban J connectivity index is 2.06. The van der Waals surface area contributed by atoms with E-state index in [9.17, 15) is 9.18 Å². The van der Waals surface area contributed by atoms with Gasteiger partial charge in [0.1, 0.15) is 11.6 Å². The molecule has 0 unspecified atom stereocenters. The van der Waals surface area contributed by atoms with Gasteiger partial charge in [0.05, 0.1) is 6.04 Å². The molecular formula is C18H19ClFNO2. The second-order valence-corrected chi connectivity index (χ2v) is 6.22. The number of benzene rings is 2. The van der Waals surface area contributed by atoms with Crippen LogP contribution in [-0.2, 0) is 4.79 Å². The van der Waals surface area contributed by atoms with Crippen molar-refractivity contribution in [2.45, 2.75) is 32.4 Å². The van der Waals surface area contributed by atoms with E-state index in [0.29, 0.717) is 16.3 Å². The fourth-order valence-electron chi connectivity index (χ4n) is 2.12. The van der Waals surface area contributed by atoms with E-state index in [1.165, 1.54) is 6.07 Å². The average Bonchev–Trinajstić information content (AvgIpc) is 2.49. The number of rotatable bonds is 5. The van der Waals surface area contributed by atoms with Crippen LogP contribution in [0.15, 0.2) is 48.5 Å². The fourth-order valence-corrected chi connectivity index (χ4v) is 2.24. The number of amides is 1. The van der Waals surface area contributed by atoms with E-state index in [-0.39, 0.29) is 11.7 Å². The second kappa shape index (κ2) is 7.01. The molecule has 23 heavy (non-hydrogen) atoms. The highest BCUT2D eigenvalue weighted by molar-refractivity contribution is 6.30. The summed E-state index contributed by atoms with van der Waals surface area (Å²) < 4.78 is 19.5. The molecule has 5 heteroatoms. The van der Waals surface area contributed by atoms with Crippen LogP contribution in [0.3, 0.4) is 0 Å². The third-order valence-corrected chi connectivity index (χ3v) is 3.70. The zero-order valence-corrected chi connectivity index (χ0v) is 14.0. The highest BCUT2D eigenvalue weighted by atomic mass is 35.5. The highest BCUT2D eigenvalue weighted by Gasteiger charge is 2.31. The second-order valence-electron chi connectivity index (χ2n) is 5.78. The van der Waals surface area contributed by atoms with E-state index >= 15 is 0 Å². The van der Waals surface area contributed by atoms with Gasteiger partial charge in [0.2, 0.25) is 0 Å². The molecule has 0 heterocycles. The first-order valence-electron chi connectivity index (χ1n) is 7.29. The van der Waals surface area contributed by atoms with Crippen LogP contribution in [-0.4, -0.2) is 11.5 Å². The highest BCUT2D eigenvalue weighted by Crippen LogP contribution is 2.22. The SMILES string of the molecule is C[C@H](NC(=O)C(C)(C)Oc1ccc(Cl)cc1)c1ccccc1F. The predicted molar refractivity (Wildman–Crippen MR) is 89.1 cm³/mol. The molecule has 0 radical (unpaired) electrons. The minimum atomic E-state index is -1.10. The summed E-state index contributed by atoms with van der Waals surface area (Å²) in [5.41, 5.74) is -0.670. The number of halogens is 2. The maximum absolute atomic E-state index is 13.8. The van der Waals surface area contributed by atoms with Gasteiger partial charge in [0.15, 0.2) is 5.60 Å². The van der Waals surface area contributed by atoms with E-state index < -0.39 is 11.6 Å². The van der Waals surface area contributed by atoms with Gasteiger partial charge in [-0.2, -0.15) is 0 Å². The standard InChI is InChI=1S/C18H19ClFNO2/c1-12(15-6-4-5-7-16(15)20)21-17(22)18(2,3)23-14-10-8-13(19)9-11-14/h4-12H,1-3H3,(H,21,22)/t12-/m0/s1. The third kappa shape index (κ3) is 4.45. The Bertz CT molecular complexity index is 686. The largest absolute Gasteiger partial charge is 0.478 e. The number of carbonyl (C=O) groups is 1. The van der Waals surface area contributed by atoms with Gasteiger partial charge in [0.25, 0.3) is 5.91 Å². The Morgan fingerprint density at radius 1 is 1.17 bits per heavy atom. The Morgan fingerprint density at radius 3 is 2.39 bits per heavy atom. The van der Waals surface area contributed by atoms with E-state index in [4.69, 9.17) is 16.3 Å². The van der Waals surface area contributed by atoms with Crippen LogP contribution in [0.2, 0.25) is 5.02 Å². The van der Waals surface area contributed by atoms with Crippen molar-refractivity contribution in [2.24, 2.45) is 0 Å². The fraction of sp³-hybridized carbons (Fsp3) is 0.278. The first kappa shape index (κ1) is 17.3. The maximum atomic E-state index is 13.8. The van der Waals surface area contributed by atoms with Crippen LogP contribution < -0.4 is 10.1 Å². The Hall–Kier alpha value is -2.07. The molecule has 0 bridgehead atoms. The molecule has 0 aliphatic heterocycles. The lowest BCUT2D eigenvalue weighted by Crippen LogP contribution is -2.47. The van der Waals surface area contributed by atoms with Gasteiger partial charge in [-0.05, 0) is 51.1 Å². The van der Waals surface area contributed by atoms with Crippen molar-refractivity contribution in [1.82, 2.24) is 5.32 Å². The average molecular weight is 336 g/mol. The molecular weight excluding hydrogens is 317 g/mol. The van der Waals surface area contributed by atoms with Crippen molar-refractivity contribution in [1.29, 1.82) is 0 Å². The van der Waals surface area contributed by atoms with Crippen molar-refractivity contribution in [2.75, 3.05) is 0 Å². The molecule has 2 aromatic carbocycles. The van der Waals surface area contributed by atoms with E-state index in [2.05, 4.69) is 5.32 Å². The molecule has 0 spiro atoms. The summed E-state index contributed by atoms with van der Waals surface area (Å²) in [5.74, 6) is -0.145. The predicted octanol–water partition coefficient (Wildman–Crippen LogP) is 4.51. The number of nitrogens with one attached hydrogen (secondary N) is 1. The molecule has 0 aliphatic carbocycles. The Morgan fingerprint density at radius 2 is 1.78 bits per heavy atom. The lowest BCUT2D eigenvalue weighted by molar-refractivity contribution is -0.134. The number of hydrogen-bond acceptors (Lipinski definition) is 2. The molecule has 2 aromatic rings.